The Balaban J connectivity index is 1.68. The van der Waals surface area contributed by atoms with Crippen molar-refractivity contribution in [2.75, 3.05) is 19.6 Å². The van der Waals surface area contributed by atoms with Crippen molar-refractivity contribution < 1.29 is 19.8 Å². The minimum Gasteiger partial charge on any atom is -0.390 e. The predicted molar refractivity (Wildman–Crippen MR) is 138 cm³/mol. The third kappa shape index (κ3) is 5.85. The molecule has 7 nitrogen and oxygen atoms in total. The summed E-state index contributed by atoms with van der Waals surface area (Å²) in [6.45, 7) is 8.90. The lowest BCUT2D eigenvalue weighted by atomic mass is 9.66. The van der Waals surface area contributed by atoms with Crippen molar-refractivity contribution >= 4 is 23.4 Å². The van der Waals surface area contributed by atoms with Crippen LogP contribution in [-0.4, -0.2) is 58.2 Å². The molecule has 0 aromatic heterocycles. The van der Waals surface area contributed by atoms with Gasteiger partial charge in [-0.05, 0) is 61.8 Å². The highest BCUT2D eigenvalue weighted by atomic mass is 35.5. The third-order valence-electron chi connectivity index (χ3n) is 8.26. The van der Waals surface area contributed by atoms with Crippen LogP contribution >= 0.6 is 11.6 Å². The molecule has 1 aromatic carbocycles. The second kappa shape index (κ2) is 10.8. The maximum Gasteiger partial charge on any atom is 0.245 e. The Labute approximate surface area is 214 Å². The van der Waals surface area contributed by atoms with Crippen LogP contribution < -0.4 is 11.1 Å². The van der Waals surface area contributed by atoms with E-state index in [4.69, 9.17) is 17.3 Å². The number of halogens is 1. The highest BCUT2D eigenvalue weighted by Gasteiger charge is 2.50. The van der Waals surface area contributed by atoms with Gasteiger partial charge in [-0.15, -0.1) is 0 Å². The number of carbonyl (C=O) groups excluding carboxylic acids is 2. The lowest BCUT2D eigenvalue weighted by Gasteiger charge is -2.51. The first kappa shape index (κ1) is 27.9. The Kier molecular flexibility index (Phi) is 8.57. The number of nitrogens with two attached hydrogens (primary N) is 1. The van der Waals surface area contributed by atoms with E-state index in [1.54, 1.807) is 17.0 Å². The van der Waals surface area contributed by atoms with E-state index >= 15 is 0 Å². The summed E-state index contributed by atoms with van der Waals surface area (Å²) in [5, 5.41) is 26.1. The molecule has 3 rings (SSSR count). The number of carbonyl (C=O) groups is 2. The normalized spacial score (nSPS) is 29.3. The first-order valence-corrected chi connectivity index (χ1v) is 13.2. The summed E-state index contributed by atoms with van der Waals surface area (Å²) in [5.74, 6) is -0.591. The number of amides is 2. The second-order valence-electron chi connectivity index (χ2n) is 11.5. The van der Waals surface area contributed by atoms with Gasteiger partial charge in [-0.3, -0.25) is 9.59 Å². The average Bonchev–Trinajstić information content (AvgIpc) is 3.13. The summed E-state index contributed by atoms with van der Waals surface area (Å²) in [4.78, 5) is 28.3. The molecule has 8 heteroatoms. The quantitative estimate of drug-likeness (QED) is 0.431. The van der Waals surface area contributed by atoms with Gasteiger partial charge in [0.05, 0.1) is 11.2 Å². The SMILES string of the molecule is CC(C)[C@@H](NC(=O)CC1CCCC1(O)CCN)C(=O)N1CC[C@](O)(c2ccc(Cl)cc2)C(C)(C)C1. The monoisotopic (exact) mass is 507 g/mol. The molecule has 0 bridgehead atoms. The number of benzene rings is 1. The number of rotatable bonds is 8. The van der Waals surface area contributed by atoms with E-state index in [9.17, 15) is 19.8 Å². The maximum absolute atomic E-state index is 13.6. The van der Waals surface area contributed by atoms with Crippen molar-refractivity contribution in [3.63, 3.8) is 0 Å². The number of hydrogen-bond acceptors (Lipinski definition) is 5. The molecule has 2 aliphatic rings. The van der Waals surface area contributed by atoms with Crippen LogP contribution in [0.25, 0.3) is 0 Å². The van der Waals surface area contributed by atoms with Crippen molar-refractivity contribution in [2.45, 2.75) is 83.5 Å². The van der Waals surface area contributed by atoms with Crippen molar-refractivity contribution in [1.29, 1.82) is 0 Å². The molecule has 1 saturated carbocycles. The lowest BCUT2D eigenvalue weighted by molar-refractivity contribution is -0.156. The summed E-state index contributed by atoms with van der Waals surface area (Å²) >= 11 is 6.03. The molecule has 196 valence electrons. The average molecular weight is 508 g/mol. The molecule has 1 aromatic rings. The van der Waals surface area contributed by atoms with E-state index < -0.39 is 22.7 Å². The molecular formula is C27H42ClN3O4. The van der Waals surface area contributed by atoms with Crippen molar-refractivity contribution in [3.8, 4) is 0 Å². The Bertz CT molecular complexity index is 906. The van der Waals surface area contributed by atoms with Gasteiger partial charge in [-0.2, -0.15) is 0 Å². The first-order valence-electron chi connectivity index (χ1n) is 12.8. The van der Waals surface area contributed by atoms with Crippen LogP contribution in [-0.2, 0) is 15.2 Å². The highest BCUT2D eigenvalue weighted by Crippen LogP contribution is 2.46. The van der Waals surface area contributed by atoms with E-state index in [-0.39, 0.29) is 30.1 Å². The molecule has 1 aliphatic heterocycles. The third-order valence-corrected chi connectivity index (χ3v) is 8.52. The molecule has 35 heavy (non-hydrogen) atoms. The molecule has 1 aliphatic carbocycles. The number of aliphatic hydroxyl groups is 2. The number of nitrogens with one attached hydrogen (secondary N) is 1. The Morgan fingerprint density at radius 2 is 1.86 bits per heavy atom. The molecule has 1 saturated heterocycles. The fraction of sp³-hybridized carbons (Fsp3) is 0.704. The van der Waals surface area contributed by atoms with Crippen LogP contribution in [0.15, 0.2) is 24.3 Å². The van der Waals surface area contributed by atoms with E-state index in [1.807, 2.05) is 39.8 Å². The Morgan fingerprint density at radius 3 is 2.43 bits per heavy atom. The minimum atomic E-state index is -1.10. The van der Waals surface area contributed by atoms with Gasteiger partial charge in [0.25, 0.3) is 0 Å². The van der Waals surface area contributed by atoms with Crippen LogP contribution in [0.3, 0.4) is 0 Å². The largest absolute Gasteiger partial charge is 0.390 e. The van der Waals surface area contributed by atoms with Crippen LogP contribution in [0.5, 0.6) is 0 Å². The van der Waals surface area contributed by atoms with Crippen LogP contribution in [0.4, 0.5) is 0 Å². The van der Waals surface area contributed by atoms with E-state index in [0.29, 0.717) is 43.9 Å². The molecule has 0 radical (unpaired) electrons. The molecule has 2 amide bonds. The van der Waals surface area contributed by atoms with Gasteiger partial charge in [0.15, 0.2) is 0 Å². The van der Waals surface area contributed by atoms with Gasteiger partial charge >= 0.3 is 0 Å². The van der Waals surface area contributed by atoms with Gasteiger partial charge < -0.3 is 26.2 Å². The number of likely N-dealkylation sites (tertiary alicyclic amines) is 1. The Hall–Kier alpha value is -1.67. The Morgan fingerprint density at radius 1 is 1.20 bits per heavy atom. The number of hydrogen-bond donors (Lipinski definition) is 4. The summed E-state index contributed by atoms with van der Waals surface area (Å²) < 4.78 is 0. The fourth-order valence-corrected chi connectivity index (χ4v) is 6.06. The van der Waals surface area contributed by atoms with Gasteiger partial charge in [-0.1, -0.05) is 57.8 Å². The predicted octanol–water partition coefficient (Wildman–Crippen LogP) is 3.20. The molecular weight excluding hydrogens is 466 g/mol. The summed E-state index contributed by atoms with van der Waals surface area (Å²) in [5.41, 5.74) is 3.86. The minimum absolute atomic E-state index is 0.0989. The molecule has 4 atom stereocenters. The van der Waals surface area contributed by atoms with E-state index in [2.05, 4.69) is 5.32 Å². The number of nitrogens with zero attached hydrogens (tertiary/aromatic N) is 1. The van der Waals surface area contributed by atoms with Crippen molar-refractivity contribution in [1.82, 2.24) is 10.2 Å². The van der Waals surface area contributed by atoms with Crippen LogP contribution in [0.1, 0.15) is 71.8 Å². The zero-order valence-electron chi connectivity index (χ0n) is 21.5. The molecule has 2 unspecified atom stereocenters. The summed E-state index contributed by atoms with van der Waals surface area (Å²) in [7, 11) is 0. The topological polar surface area (TPSA) is 116 Å². The summed E-state index contributed by atoms with van der Waals surface area (Å²) in [6.07, 6.45) is 3.38. The van der Waals surface area contributed by atoms with Crippen molar-refractivity contribution in [2.24, 2.45) is 23.0 Å². The van der Waals surface area contributed by atoms with Crippen LogP contribution in [0.2, 0.25) is 5.02 Å². The lowest BCUT2D eigenvalue weighted by Crippen LogP contribution is -2.60. The van der Waals surface area contributed by atoms with Gasteiger partial charge in [0, 0.05) is 29.9 Å². The smallest absolute Gasteiger partial charge is 0.245 e. The van der Waals surface area contributed by atoms with Gasteiger partial charge in [0.1, 0.15) is 6.04 Å². The van der Waals surface area contributed by atoms with Gasteiger partial charge in [-0.25, -0.2) is 0 Å². The standard InChI is InChI=1S/C27H42ClN3O4/c1-18(2)23(30-22(32)16-20-6-5-11-26(20,34)12-14-29)24(33)31-15-13-27(35,25(3,4)17-31)19-7-9-21(28)10-8-19/h7-10,18,20,23,34-35H,5-6,11-17,29H2,1-4H3,(H,30,32)/t20?,23-,26?,27+/m1/s1. The summed E-state index contributed by atoms with van der Waals surface area (Å²) in [6, 6.07) is 6.56. The fourth-order valence-electron chi connectivity index (χ4n) is 5.94. The van der Waals surface area contributed by atoms with Crippen molar-refractivity contribution in [3.05, 3.63) is 34.9 Å². The second-order valence-corrected chi connectivity index (χ2v) is 11.9. The molecule has 1 heterocycles. The zero-order chi connectivity index (χ0) is 26.0. The number of piperidine rings is 1. The van der Waals surface area contributed by atoms with E-state index in [0.717, 1.165) is 18.4 Å². The van der Waals surface area contributed by atoms with Crippen LogP contribution in [0, 0.1) is 17.3 Å². The zero-order valence-corrected chi connectivity index (χ0v) is 22.3. The van der Waals surface area contributed by atoms with Gasteiger partial charge in [0.2, 0.25) is 11.8 Å². The highest BCUT2D eigenvalue weighted by molar-refractivity contribution is 6.30. The maximum atomic E-state index is 13.6. The molecule has 0 spiro atoms. The first-order chi connectivity index (χ1) is 16.3. The van der Waals surface area contributed by atoms with E-state index in [1.165, 1.54) is 0 Å². The molecule has 2 fully saturated rings. The molecule has 5 N–H and O–H groups in total.